The molecule has 1 aliphatic rings. The monoisotopic (exact) mass is 280 g/mol. The van der Waals surface area contributed by atoms with Gasteiger partial charge in [-0.05, 0) is 0 Å². The molecule has 10 heteroatoms. The molecule has 110 valence electrons. The highest BCUT2D eigenvalue weighted by molar-refractivity contribution is 5.80. The summed E-state index contributed by atoms with van der Waals surface area (Å²) in [4.78, 5) is 21.9. The van der Waals surface area contributed by atoms with E-state index in [1.54, 1.807) is 0 Å². The first-order chi connectivity index (χ1) is 8.79. The summed E-state index contributed by atoms with van der Waals surface area (Å²) < 4.78 is 9.69. The Hall–Kier alpha value is -1.30. The minimum absolute atomic E-state index is 0.790. The SMILES string of the molecule is NC(=O)C(CO)O[C@H]1OC(C(N)=O)[C@@H](O)C(O)[C@@H]1O. The predicted molar refractivity (Wildman–Crippen MR) is 57.0 cm³/mol. The van der Waals surface area contributed by atoms with Crippen LogP contribution in [0.3, 0.4) is 0 Å². The number of hydrogen-bond acceptors (Lipinski definition) is 8. The van der Waals surface area contributed by atoms with Gasteiger partial charge in [-0.25, -0.2) is 0 Å². The van der Waals surface area contributed by atoms with Gasteiger partial charge < -0.3 is 41.4 Å². The summed E-state index contributed by atoms with van der Waals surface area (Å²) in [7, 11) is 0. The minimum atomic E-state index is -1.77. The maximum absolute atomic E-state index is 11.0. The zero-order valence-electron chi connectivity index (χ0n) is 9.75. The molecule has 2 amide bonds. The largest absolute Gasteiger partial charge is 0.393 e. The second-order valence-corrected chi connectivity index (χ2v) is 4.01. The number of carbonyl (C=O) groups excluding carboxylic acids is 2. The number of carbonyl (C=O) groups is 2. The second-order valence-electron chi connectivity index (χ2n) is 4.01. The molecule has 0 aromatic rings. The number of rotatable bonds is 5. The van der Waals surface area contributed by atoms with E-state index in [1.165, 1.54) is 0 Å². The number of aliphatic hydroxyl groups is 4. The van der Waals surface area contributed by atoms with E-state index in [1.807, 2.05) is 0 Å². The van der Waals surface area contributed by atoms with Crippen LogP contribution in [0, 0.1) is 0 Å². The molecule has 3 unspecified atom stereocenters. The Morgan fingerprint density at radius 2 is 1.74 bits per heavy atom. The zero-order chi connectivity index (χ0) is 14.7. The molecule has 0 saturated carbocycles. The van der Waals surface area contributed by atoms with Crippen LogP contribution in [0.5, 0.6) is 0 Å². The van der Waals surface area contributed by atoms with Crippen LogP contribution < -0.4 is 11.5 Å². The highest BCUT2D eigenvalue weighted by Gasteiger charge is 2.47. The molecule has 0 radical (unpaired) electrons. The molecule has 1 heterocycles. The van der Waals surface area contributed by atoms with E-state index in [0.717, 1.165) is 0 Å². The molecular formula is C9H16N2O8. The van der Waals surface area contributed by atoms with Gasteiger partial charge in [0.25, 0.3) is 0 Å². The molecule has 1 rings (SSSR count). The van der Waals surface area contributed by atoms with Crippen molar-refractivity contribution in [2.75, 3.05) is 6.61 Å². The van der Waals surface area contributed by atoms with Crippen LogP contribution in [0.25, 0.3) is 0 Å². The summed E-state index contributed by atoms with van der Waals surface area (Å²) in [5.41, 5.74) is 9.84. The van der Waals surface area contributed by atoms with Gasteiger partial charge in [0, 0.05) is 0 Å². The van der Waals surface area contributed by atoms with Crippen LogP contribution in [0.1, 0.15) is 0 Å². The Balaban J connectivity index is 2.82. The predicted octanol–water partition coefficient (Wildman–Crippen LogP) is -4.86. The van der Waals surface area contributed by atoms with Crippen molar-refractivity contribution in [3.05, 3.63) is 0 Å². The highest BCUT2D eigenvalue weighted by Crippen LogP contribution is 2.22. The van der Waals surface area contributed by atoms with E-state index >= 15 is 0 Å². The Labute approximate surface area is 107 Å². The molecule has 10 nitrogen and oxygen atoms in total. The average molecular weight is 280 g/mol. The summed E-state index contributed by atoms with van der Waals surface area (Å²) in [6.45, 7) is -0.790. The van der Waals surface area contributed by atoms with Gasteiger partial charge in [0.1, 0.15) is 18.3 Å². The molecule has 0 bridgehead atoms. The lowest BCUT2D eigenvalue weighted by atomic mass is 9.98. The number of aliphatic hydroxyl groups excluding tert-OH is 4. The third kappa shape index (κ3) is 3.37. The molecule has 1 aliphatic heterocycles. The molecule has 6 atom stereocenters. The summed E-state index contributed by atoms with van der Waals surface area (Å²) >= 11 is 0. The summed E-state index contributed by atoms with van der Waals surface area (Å²) in [5.74, 6) is -2.12. The lowest BCUT2D eigenvalue weighted by Crippen LogP contribution is -2.62. The Morgan fingerprint density at radius 3 is 2.16 bits per heavy atom. The summed E-state index contributed by atoms with van der Waals surface area (Å²) in [6.07, 6.45) is -10.1. The van der Waals surface area contributed by atoms with Crippen molar-refractivity contribution >= 4 is 11.8 Å². The third-order valence-corrected chi connectivity index (χ3v) is 2.63. The van der Waals surface area contributed by atoms with Crippen LogP contribution in [-0.4, -0.2) is 75.7 Å². The second kappa shape index (κ2) is 6.23. The molecule has 0 aromatic carbocycles. The smallest absolute Gasteiger partial charge is 0.249 e. The van der Waals surface area contributed by atoms with Gasteiger partial charge >= 0.3 is 0 Å². The van der Waals surface area contributed by atoms with Crippen molar-refractivity contribution in [1.29, 1.82) is 0 Å². The van der Waals surface area contributed by atoms with Crippen molar-refractivity contribution in [1.82, 2.24) is 0 Å². The van der Waals surface area contributed by atoms with Crippen LogP contribution >= 0.6 is 0 Å². The topological polar surface area (TPSA) is 186 Å². The van der Waals surface area contributed by atoms with Gasteiger partial charge in [-0.1, -0.05) is 0 Å². The van der Waals surface area contributed by atoms with Crippen LogP contribution in [0.4, 0.5) is 0 Å². The van der Waals surface area contributed by atoms with Gasteiger partial charge in [0.2, 0.25) is 11.8 Å². The van der Waals surface area contributed by atoms with Crippen molar-refractivity contribution in [3.63, 3.8) is 0 Å². The third-order valence-electron chi connectivity index (χ3n) is 2.63. The molecule has 8 N–H and O–H groups in total. The van der Waals surface area contributed by atoms with Crippen LogP contribution in [0.2, 0.25) is 0 Å². The number of amides is 2. The van der Waals surface area contributed by atoms with Crippen molar-refractivity contribution in [2.24, 2.45) is 11.5 Å². The summed E-state index contributed by atoms with van der Waals surface area (Å²) in [5, 5.41) is 37.4. The standard InChI is InChI=1S/C9H16N2O8/c10-7(16)2(1-12)18-9-5(15)3(13)4(14)6(19-9)8(11)17/h2-6,9,12-15H,1H2,(H2,10,16)(H2,11,17)/t2?,3?,4-,5-,6?,9-/m0/s1. The van der Waals surface area contributed by atoms with Crippen molar-refractivity contribution < 1.29 is 39.5 Å². The molecule has 19 heavy (non-hydrogen) atoms. The molecule has 0 spiro atoms. The average Bonchev–Trinajstić information content (AvgIpc) is 2.34. The van der Waals surface area contributed by atoms with E-state index in [4.69, 9.17) is 26.0 Å². The first kappa shape index (κ1) is 15.8. The van der Waals surface area contributed by atoms with Gasteiger partial charge in [-0.3, -0.25) is 9.59 Å². The zero-order valence-corrected chi connectivity index (χ0v) is 9.75. The number of nitrogens with two attached hydrogens (primary N) is 2. The van der Waals surface area contributed by atoms with Crippen LogP contribution in [0.15, 0.2) is 0 Å². The molecule has 1 saturated heterocycles. The quantitative estimate of drug-likeness (QED) is 0.289. The minimum Gasteiger partial charge on any atom is -0.393 e. The van der Waals surface area contributed by atoms with Gasteiger partial charge in [0.05, 0.1) is 6.61 Å². The fourth-order valence-corrected chi connectivity index (χ4v) is 1.56. The number of primary amides is 2. The fraction of sp³-hybridized carbons (Fsp3) is 0.778. The lowest BCUT2D eigenvalue weighted by molar-refractivity contribution is -0.299. The lowest BCUT2D eigenvalue weighted by Gasteiger charge is -2.39. The molecule has 1 fully saturated rings. The first-order valence-corrected chi connectivity index (χ1v) is 5.34. The van der Waals surface area contributed by atoms with Crippen molar-refractivity contribution in [3.8, 4) is 0 Å². The van der Waals surface area contributed by atoms with E-state index in [0.29, 0.717) is 0 Å². The van der Waals surface area contributed by atoms with Gasteiger partial charge in [-0.2, -0.15) is 0 Å². The van der Waals surface area contributed by atoms with E-state index in [9.17, 15) is 24.9 Å². The number of ether oxygens (including phenoxy) is 2. The molecule has 0 aromatic heterocycles. The first-order valence-electron chi connectivity index (χ1n) is 5.34. The number of hydrogen-bond donors (Lipinski definition) is 6. The highest BCUT2D eigenvalue weighted by atomic mass is 16.7. The van der Waals surface area contributed by atoms with Gasteiger partial charge in [0.15, 0.2) is 18.5 Å². The van der Waals surface area contributed by atoms with Crippen LogP contribution in [-0.2, 0) is 19.1 Å². The van der Waals surface area contributed by atoms with Gasteiger partial charge in [-0.15, -0.1) is 0 Å². The van der Waals surface area contributed by atoms with E-state index in [2.05, 4.69) is 0 Å². The normalized spacial score (nSPS) is 36.7. The maximum Gasteiger partial charge on any atom is 0.249 e. The Kier molecular flexibility index (Phi) is 5.17. The maximum atomic E-state index is 11.0. The molecule has 0 aliphatic carbocycles. The van der Waals surface area contributed by atoms with E-state index < -0.39 is 55.2 Å². The van der Waals surface area contributed by atoms with E-state index in [-0.39, 0.29) is 0 Å². The van der Waals surface area contributed by atoms with Crippen molar-refractivity contribution in [2.45, 2.75) is 36.8 Å². The fourth-order valence-electron chi connectivity index (χ4n) is 1.56. The summed E-state index contributed by atoms with van der Waals surface area (Å²) in [6, 6.07) is 0. The molecular weight excluding hydrogens is 264 g/mol. The Bertz CT molecular complexity index is 349. The Morgan fingerprint density at radius 1 is 1.16 bits per heavy atom.